The highest BCUT2D eigenvalue weighted by molar-refractivity contribution is 8.00. The number of hydrogen-bond donors (Lipinski definition) is 2. The van der Waals surface area contributed by atoms with Gasteiger partial charge in [-0.1, -0.05) is 12.1 Å². The summed E-state index contributed by atoms with van der Waals surface area (Å²) in [7, 11) is 1.86. The molecule has 1 aliphatic rings. The van der Waals surface area contributed by atoms with Crippen LogP contribution < -0.4 is 5.32 Å². The van der Waals surface area contributed by atoms with Crippen LogP contribution in [0.3, 0.4) is 0 Å². The highest BCUT2D eigenvalue weighted by Crippen LogP contribution is 2.36. The maximum atomic E-state index is 11.9. The quantitative estimate of drug-likeness (QED) is 0.311. The first-order chi connectivity index (χ1) is 16.8. The zero-order valence-corrected chi connectivity index (χ0v) is 21.3. The summed E-state index contributed by atoms with van der Waals surface area (Å²) in [6, 6.07) is 5.75. The fourth-order valence-electron chi connectivity index (χ4n) is 3.16. The van der Waals surface area contributed by atoms with Gasteiger partial charge in [-0.3, -0.25) is 4.90 Å². The number of hydrogen-bond acceptors (Lipinski definition) is 10. The number of aliphatic hydroxyl groups is 1. The van der Waals surface area contributed by atoms with Gasteiger partial charge in [0.15, 0.2) is 5.13 Å². The number of anilines is 1. The molecule has 190 valence electrons. The smallest absolute Gasteiger partial charge is 0.389 e. The minimum absolute atomic E-state index is 0.0240. The number of nitrogens with one attached hydrogen (secondary N) is 1. The first-order valence-electron chi connectivity index (χ1n) is 10.6. The van der Waals surface area contributed by atoms with Crippen LogP contribution in [0.2, 0.25) is 0 Å². The first kappa shape index (κ1) is 27.6. The van der Waals surface area contributed by atoms with Crippen molar-refractivity contribution in [3.8, 4) is 10.6 Å². The molecule has 7 nitrogen and oxygen atoms in total. The number of carbonyl (C=O) groups excluding carboxylic acids is 1. The number of carbonyl (C=O) groups is 1. The Bertz CT molecular complexity index is 1070. The SMILES string of the molecule is CNc1nc(-c2sc(CO)nc2CN2CCOCC2)cs1.O=CCc1ccc(SC(F)(F)F)cc1. The van der Waals surface area contributed by atoms with Crippen LogP contribution >= 0.6 is 34.4 Å². The van der Waals surface area contributed by atoms with E-state index in [2.05, 4.69) is 20.2 Å². The fraction of sp³-hybridized carbons (Fsp3) is 0.409. The van der Waals surface area contributed by atoms with Crippen LogP contribution in [0.25, 0.3) is 10.6 Å². The fourth-order valence-corrected chi connectivity index (χ4v) is 5.33. The van der Waals surface area contributed by atoms with Gasteiger partial charge < -0.3 is 20.0 Å². The van der Waals surface area contributed by atoms with Crippen molar-refractivity contribution in [2.75, 3.05) is 38.7 Å². The summed E-state index contributed by atoms with van der Waals surface area (Å²) in [5, 5.41) is 16.1. The minimum atomic E-state index is -4.26. The lowest BCUT2D eigenvalue weighted by Gasteiger charge is -2.26. The van der Waals surface area contributed by atoms with Crippen LogP contribution in [0.15, 0.2) is 34.5 Å². The Hall–Kier alpha value is -2.03. The van der Waals surface area contributed by atoms with E-state index in [0.29, 0.717) is 11.8 Å². The van der Waals surface area contributed by atoms with E-state index in [0.717, 1.165) is 59.3 Å². The standard InChI is InChI=1S/C13H18N4O2S2.C9H7F3OS/c1-14-13-16-10(8-20-13)12-9(15-11(7-18)21-12)6-17-2-4-19-5-3-17;10-9(11,12)14-8-3-1-7(2-4-8)5-6-13/h8,18H,2-7H2,1H3,(H,14,16);1-4,6H,5H2. The monoisotopic (exact) mass is 546 g/mol. The first-order valence-corrected chi connectivity index (χ1v) is 13.1. The van der Waals surface area contributed by atoms with Gasteiger partial charge in [0, 0.05) is 43.4 Å². The average molecular weight is 547 g/mol. The Labute approximate surface area is 213 Å². The molecule has 1 aromatic carbocycles. The van der Waals surface area contributed by atoms with Crippen LogP contribution in [0.5, 0.6) is 0 Å². The molecule has 0 aliphatic carbocycles. The number of thiazole rings is 2. The number of thioether (sulfide) groups is 1. The van der Waals surface area contributed by atoms with Crippen molar-refractivity contribution in [1.29, 1.82) is 0 Å². The van der Waals surface area contributed by atoms with E-state index in [-0.39, 0.29) is 29.7 Å². The van der Waals surface area contributed by atoms with Gasteiger partial charge in [0.25, 0.3) is 0 Å². The normalized spacial score (nSPS) is 14.3. The van der Waals surface area contributed by atoms with Crippen molar-refractivity contribution >= 4 is 45.9 Å². The Morgan fingerprint density at radius 3 is 2.51 bits per heavy atom. The van der Waals surface area contributed by atoms with Crippen molar-refractivity contribution in [2.24, 2.45) is 0 Å². The van der Waals surface area contributed by atoms with Crippen LogP contribution in [-0.2, 0) is 29.1 Å². The Morgan fingerprint density at radius 1 is 1.23 bits per heavy atom. The molecule has 4 rings (SSSR count). The second-order valence-electron chi connectivity index (χ2n) is 7.28. The maximum absolute atomic E-state index is 11.9. The molecular weight excluding hydrogens is 521 g/mol. The summed E-state index contributed by atoms with van der Waals surface area (Å²) in [5.41, 5.74) is -1.61. The van der Waals surface area contributed by atoms with Crippen molar-refractivity contribution in [1.82, 2.24) is 14.9 Å². The minimum Gasteiger partial charge on any atom is -0.389 e. The predicted molar refractivity (Wildman–Crippen MR) is 133 cm³/mol. The van der Waals surface area contributed by atoms with Gasteiger partial charge in [0.2, 0.25) is 0 Å². The second kappa shape index (κ2) is 13.3. The lowest BCUT2D eigenvalue weighted by atomic mass is 10.2. The molecular formula is C22H25F3N4O3S3. The van der Waals surface area contributed by atoms with Crippen molar-refractivity contribution in [3.63, 3.8) is 0 Å². The summed E-state index contributed by atoms with van der Waals surface area (Å²) >= 11 is 2.94. The van der Waals surface area contributed by atoms with Crippen LogP contribution in [-0.4, -0.2) is 65.1 Å². The molecule has 0 saturated carbocycles. The molecule has 3 aromatic rings. The number of alkyl halides is 3. The molecule has 0 unspecified atom stereocenters. The van der Waals surface area contributed by atoms with E-state index in [4.69, 9.17) is 4.74 Å². The number of aliphatic hydroxyl groups excluding tert-OH is 1. The van der Waals surface area contributed by atoms with Crippen LogP contribution in [0.1, 0.15) is 16.3 Å². The molecule has 13 heteroatoms. The number of nitrogens with zero attached hydrogens (tertiary/aromatic N) is 3. The lowest BCUT2D eigenvalue weighted by Crippen LogP contribution is -2.35. The molecule has 0 spiro atoms. The molecule has 2 aromatic heterocycles. The third-order valence-corrected chi connectivity index (χ3v) is 7.48. The predicted octanol–water partition coefficient (Wildman–Crippen LogP) is 4.67. The number of aldehydes is 1. The second-order valence-corrected chi connectivity index (χ2v) is 10.4. The van der Waals surface area contributed by atoms with Gasteiger partial charge in [-0.2, -0.15) is 13.2 Å². The van der Waals surface area contributed by atoms with E-state index in [1.165, 1.54) is 35.6 Å². The number of aromatic nitrogens is 2. The summed E-state index contributed by atoms with van der Waals surface area (Å²) in [6.07, 6.45) is 0.947. The lowest BCUT2D eigenvalue weighted by molar-refractivity contribution is -0.107. The summed E-state index contributed by atoms with van der Waals surface area (Å²) in [5.74, 6) is 0. The molecule has 0 bridgehead atoms. The third kappa shape index (κ3) is 8.85. The molecule has 0 atom stereocenters. The van der Waals surface area contributed by atoms with Gasteiger partial charge in [-0.15, -0.1) is 22.7 Å². The number of ether oxygens (including phenoxy) is 1. The van der Waals surface area contributed by atoms with Crippen molar-refractivity contribution in [3.05, 3.63) is 45.9 Å². The Kier molecular flexibility index (Phi) is 10.5. The van der Waals surface area contributed by atoms with E-state index in [1.54, 1.807) is 11.3 Å². The zero-order chi connectivity index (χ0) is 25.3. The molecule has 2 N–H and O–H groups in total. The Morgan fingerprint density at radius 2 is 1.94 bits per heavy atom. The zero-order valence-electron chi connectivity index (χ0n) is 18.9. The third-order valence-electron chi connectivity index (χ3n) is 4.78. The van der Waals surface area contributed by atoms with E-state index >= 15 is 0 Å². The van der Waals surface area contributed by atoms with Gasteiger partial charge >= 0.3 is 5.51 Å². The van der Waals surface area contributed by atoms with Gasteiger partial charge in [0.1, 0.15) is 11.3 Å². The molecule has 1 saturated heterocycles. The van der Waals surface area contributed by atoms with Gasteiger partial charge in [0.05, 0.1) is 36.1 Å². The summed E-state index contributed by atoms with van der Waals surface area (Å²) in [6.45, 7) is 4.14. The summed E-state index contributed by atoms with van der Waals surface area (Å²) in [4.78, 5) is 22.7. The summed E-state index contributed by atoms with van der Waals surface area (Å²) < 4.78 is 41.1. The van der Waals surface area contributed by atoms with Crippen molar-refractivity contribution < 1.29 is 27.8 Å². The van der Waals surface area contributed by atoms with Gasteiger partial charge in [-0.25, -0.2) is 9.97 Å². The van der Waals surface area contributed by atoms with E-state index < -0.39 is 5.51 Å². The molecule has 3 heterocycles. The highest BCUT2D eigenvalue weighted by Gasteiger charge is 2.29. The average Bonchev–Trinajstić information content (AvgIpc) is 3.47. The number of halogens is 3. The molecule has 1 aliphatic heterocycles. The number of morpholine rings is 1. The number of benzene rings is 1. The van der Waals surface area contributed by atoms with E-state index in [1.807, 2.05) is 12.4 Å². The topological polar surface area (TPSA) is 87.6 Å². The molecule has 35 heavy (non-hydrogen) atoms. The maximum Gasteiger partial charge on any atom is 0.446 e. The van der Waals surface area contributed by atoms with Crippen LogP contribution in [0, 0.1) is 0 Å². The molecule has 0 radical (unpaired) electrons. The number of rotatable bonds is 8. The molecule has 1 fully saturated rings. The highest BCUT2D eigenvalue weighted by atomic mass is 32.2. The Balaban J connectivity index is 0.000000214. The van der Waals surface area contributed by atoms with Crippen molar-refractivity contribution in [2.45, 2.75) is 30.0 Å². The van der Waals surface area contributed by atoms with Gasteiger partial charge in [-0.05, 0) is 29.5 Å². The van der Waals surface area contributed by atoms with E-state index in [9.17, 15) is 23.1 Å². The molecule has 0 amide bonds. The largest absolute Gasteiger partial charge is 0.446 e. The van der Waals surface area contributed by atoms with Crippen LogP contribution in [0.4, 0.5) is 18.3 Å².